The standard InChI is InChI=1S/C22H20FN3O4S/c1-12(20(24)28)19-9-26(22(29)30-19)16-6-7-17(18(23)8-16)13-2-4-14(5-3-13)21-25-15(10-27)11-31-21/h2-8,11-12,19,27H,9-10H2,1H3,(H2,24,28). The Bertz CT molecular complexity index is 1130. The number of cyclic esters (lactones) is 1. The average molecular weight is 441 g/mol. The minimum Gasteiger partial charge on any atom is -0.443 e. The molecule has 0 aliphatic carbocycles. The van der Waals surface area contributed by atoms with Gasteiger partial charge in [0.2, 0.25) is 5.91 Å². The Kier molecular flexibility index (Phi) is 5.71. The van der Waals surface area contributed by atoms with Gasteiger partial charge in [-0.05, 0) is 30.7 Å². The number of aromatic nitrogens is 1. The van der Waals surface area contributed by atoms with E-state index in [2.05, 4.69) is 4.98 Å². The number of carbonyl (C=O) groups is 2. The van der Waals surface area contributed by atoms with Crippen molar-refractivity contribution in [3.05, 3.63) is 59.4 Å². The number of thiazole rings is 1. The van der Waals surface area contributed by atoms with E-state index in [4.69, 9.17) is 15.6 Å². The number of rotatable bonds is 6. The van der Waals surface area contributed by atoms with Crippen LogP contribution in [0.4, 0.5) is 14.9 Å². The maximum absolute atomic E-state index is 14.9. The van der Waals surface area contributed by atoms with E-state index in [0.29, 0.717) is 22.5 Å². The second-order valence-corrected chi connectivity index (χ2v) is 8.13. The number of aliphatic hydroxyl groups is 1. The van der Waals surface area contributed by atoms with E-state index < -0.39 is 29.8 Å². The summed E-state index contributed by atoms with van der Waals surface area (Å²) in [5.41, 5.74) is 8.19. The minimum atomic E-state index is -0.669. The number of halogens is 1. The number of primary amides is 1. The highest BCUT2D eigenvalue weighted by Gasteiger charge is 2.37. The molecule has 2 heterocycles. The molecule has 160 valence electrons. The molecule has 2 aromatic carbocycles. The maximum atomic E-state index is 14.9. The first-order valence-electron chi connectivity index (χ1n) is 9.60. The van der Waals surface area contributed by atoms with Crippen LogP contribution in [-0.4, -0.2) is 34.7 Å². The average Bonchev–Trinajstić information content (AvgIpc) is 3.40. The first-order chi connectivity index (χ1) is 14.9. The molecule has 1 aromatic heterocycles. The monoisotopic (exact) mass is 441 g/mol. The van der Waals surface area contributed by atoms with Crippen LogP contribution in [0.25, 0.3) is 21.7 Å². The molecule has 0 bridgehead atoms. The van der Waals surface area contributed by atoms with Crippen molar-refractivity contribution in [3.63, 3.8) is 0 Å². The van der Waals surface area contributed by atoms with Crippen LogP contribution in [-0.2, 0) is 16.1 Å². The second kappa shape index (κ2) is 8.44. The molecule has 1 aliphatic rings. The fourth-order valence-corrected chi connectivity index (χ4v) is 4.17. The Labute approximate surface area is 181 Å². The second-order valence-electron chi connectivity index (χ2n) is 7.27. The number of nitrogens with two attached hydrogens (primary N) is 1. The highest BCUT2D eigenvalue weighted by molar-refractivity contribution is 7.13. The van der Waals surface area contributed by atoms with E-state index in [1.165, 1.54) is 22.3 Å². The van der Waals surface area contributed by atoms with E-state index in [1.54, 1.807) is 36.6 Å². The molecule has 7 nitrogen and oxygen atoms in total. The number of hydrogen-bond donors (Lipinski definition) is 2. The molecule has 4 rings (SSSR count). The van der Waals surface area contributed by atoms with Crippen LogP contribution in [0.5, 0.6) is 0 Å². The Balaban J connectivity index is 1.54. The van der Waals surface area contributed by atoms with Crippen LogP contribution in [0, 0.1) is 11.7 Å². The van der Waals surface area contributed by atoms with Crippen molar-refractivity contribution in [2.75, 3.05) is 11.4 Å². The van der Waals surface area contributed by atoms with Crippen LogP contribution in [0.1, 0.15) is 12.6 Å². The third-order valence-corrected chi connectivity index (χ3v) is 6.20. The van der Waals surface area contributed by atoms with E-state index >= 15 is 0 Å². The first kappa shape index (κ1) is 21.0. The van der Waals surface area contributed by atoms with Crippen LogP contribution >= 0.6 is 11.3 Å². The SMILES string of the molecule is CC(C(N)=O)C1CN(c2ccc(-c3ccc(-c4nc(CO)cs4)cc3)c(F)c2)C(=O)O1. The van der Waals surface area contributed by atoms with Gasteiger partial charge in [0.1, 0.15) is 16.9 Å². The van der Waals surface area contributed by atoms with Crippen molar-refractivity contribution < 1.29 is 23.8 Å². The summed E-state index contributed by atoms with van der Waals surface area (Å²) < 4.78 is 20.1. The summed E-state index contributed by atoms with van der Waals surface area (Å²) in [7, 11) is 0. The summed E-state index contributed by atoms with van der Waals surface area (Å²) in [5.74, 6) is -1.68. The van der Waals surface area contributed by atoms with Crippen molar-refractivity contribution >= 4 is 29.0 Å². The number of amides is 2. The normalized spacial score (nSPS) is 16.9. The van der Waals surface area contributed by atoms with E-state index in [0.717, 1.165) is 10.6 Å². The zero-order chi connectivity index (χ0) is 22.1. The number of aliphatic hydroxyl groups excluding tert-OH is 1. The van der Waals surface area contributed by atoms with Crippen LogP contribution in [0.15, 0.2) is 47.8 Å². The predicted octanol–water partition coefficient (Wildman–Crippen LogP) is 3.56. The summed E-state index contributed by atoms with van der Waals surface area (Å²) >= 11 is 1.43. The van der Waals surface area contributed by atoms with Gasteiger partial charge < -0.3 is 15.6 Å². The van der Waals surface area contributed by atoms with Crippen molar-refractivity contribution in [2.45, 2.75) is 19.6 Å². The molecule has 1 saturated heterocycles. The molecule has 31 heavy (non-hydrogen) atoms. The molecule has 2 atom stereocenters. The number of benzene rings is 2. The third kappa shape index (κ3) is 4.14. The molecule has 1 aliphatic heterocycles. The molecule has 3 N–H and O–H groups in total. The molecule has 2 unspecified atom stereocenters. The Morgan fingerprint density at radius 2 is 2.03 bits per heavy atom. The van der Waals surface area contributed by atoms with E-state index in [-0.39, 0.29) is 13.2 Å². The van der Waals surface area contributed by atoms with Crippen LogP contribution in [0.3, 0.4) is 0 Å². The number of hydrogen-bond acceptors (Lipinski definition) is 6. The quantitative estimate of drug-likeness (QED) is 0.609. The van der Waals surface area contributed by atoms with Crippen LogP contribution in [0.2, 0.25) is 0 Å². The lowest BCUT2D eigenvalue weighted by Crippen LogP contribution is -2.34. The number of carbonyl (C=O) groups excluding carboxylic acids is 2. The first-order valence-corrected chi connectivity index (χ1v) is 10.5. The molecule has 0 saturated carbocycles. The van der Waals surface area contributed by atoms with Crippen molar-refractivity contribution in [3.8, 4) is 21.7 Å². The molecule has 0 radical (unpaired) electrons. The van der Waals surface area contributed by atoms with Crippen molar-refractivity contribution in [1.82, 2.24) is 4.98 Å². The molecule has 2 amide bonds. The van der Waals surface area contributed by atoms with E-state index in [9.17, 15) is 14.0 Å². The summed E-state index contributed by atoms with van der Waals surface area (Å²) in [4.78, 5) is 29.2. The summed E-state index contributed by atoms with van der Waals surface area (Å²) in [6, 6.07) is 11.8. The number of ether oxygens (including phenoxy) is 1. The summed E-state index contributed by atoms with van der Waals surface area (Å²) in [6.07, 6.45) is -1.31. The smallest absolute Gasteiger partial charge is 0.414 e. The molecule has 9 heteroatoms. The van der Waals surface area contributed by atoms with Gasteiger partial charge in [-0.1, -0.05) is 24.3 Å². The summed E-state index contributed by atoms with van der Waals surface area (Å²) in [5, 5.41) is 11.7. The van der Waals surface area contributed by atoms with Crippen molar-refractivity contribution in [1.29, 1.82) is 0 Å². The third-order valence-electron chi connectivity index (χ3n) is 5.26. The molecule has 0 spiro atoms. The molecule has 1 fully saturated rings. The number of anilines is 1. The fourth-order valence-electron chi connectivity index (χ4n) is 3.35. The summed E-state index contributed by atoms with van der Waals surface area (Å²) in [6.45, 7) is 1.60. The van der Waals surface area contributed by atoms with Gasteiger partial charge in [-0.25, -0.2) is 14.2 Å². The largest absolute Gasteiger partial charge is 0.443 e. The lowest BCUT2D eigenvalue weighted by Gasteiger charge is -2.16. The lowest BCUT2D eigenvalue weighted by atomic mass is 10.0. The highest BCUT2D eigenvalue weighted by Crippen LogP contribution is 2.32. The van der Waals surface area contributed by atoms with E-state index in [1.807, 2.05) is 12.1 Å². The fraction of sp³-hybridized carbons (Fsp3) is 0.227. The predicted molar refractivity (Wildman–Crippen MR) is 115 cm³/mol. The topological polar surface area (TPSA) is 106 Å². The Hall–Kier alpha value is -3.30. The van der Waals surface area contributed by atoms with Crippen LogP contribution < -0.4 is 10.6 Å². The van der Waals surface area contributed by atoms with Gasteiger partial charge in [0.05, 0.1) is 30.5 Å². The zero-order valence-electron chi connectivity index (χ0n) is 16.6. The zero-order valence-corrected chi connectivity index (χ0v) is 17.4. The van der Waals surface area contributed by atoms with Gasteiger partial charge >= 0.3 is 6.09 Å². The van der Waals surface area contributed by atoms with Crippen molar-refractivity contribution in [2.24, 2.45) is 11.7 Å². The Morgan fingerprint density at radius 3 is 2.65 bits per heavy atom. The minimum absolute atomic E-state index is 0.112. The van der Waals surface area contributed by atoms with Gasteiger partial charge in [0.15, 0.2) is 0 Å². The van der Waals surface area contributed by atoms with Gasteiger partial charge in [-0.15, -0.1) is 11.3 Å². The Morgan fingerprint density at radius 1 is 1.32 bits per heavy atom. The van der Waals surface area contributed by atoms with Gasteiger partial charge in [0, 0.05) is 16.5 Å². The lowest BCUT2D eigenvalue weighted by molar-refractivity contribution is -0.123. The highest BCUT2D eigenvalue weighted by atomic mass is 32.1. The maximum Gasteiger partial charge on any atom is 0.414 e. The molecule has 3 aromatic rings. The molecular weight excluding hydrogens is 421 g/mol. The van der Waals surface area contributed by atoms with Gasteiger partial charge in [0.25, 0.3) is 0 Å². The van der Waals surface area contributed by atoms with Gasteiger partial charge in [-0.3, -0.25) is 9.69 Å². The number of nitrogens with zero attached hydrogens (tertiary/aromatic N) is 2. The molecular formula is C22H20FN3O4S. The van der Waals surface area contributed by atoms with Gasteiger partial charge in [-0.2, -0.15) is 0 Å².